The Balaban J connectivity index is 2.66. The van der Waals surface area contributed by atoms with E-state index in [-0.39, 0.29) is 23.3 Å². The average Bonchev–Trinajstić information content (AvgIpc) is 2.24. The van der Waals surface area contributed by atoms with E-state index in [1.165, 1.54) is 12.4 Å². The Morgan fingerprint density at radius 2 is 2.00 bits per heavy atom. The molecular formula is C12H21N3O3S. The highest BCUT2D eigenvalue weighted by Gasteiger charge is 2.20. The van der Waals surface area contributed by atoms with E-state index >= 15 is 0 Å². The predicted molar refractivity (Wildman–Crippen MR) is 72.3 cm³/mol. The van der Waals surface area contributed by atoms with Crippen molar-refractivity contribution in [1.82, 2.24) is 14.7 Å². The third-order valence-corrected chi connectivity index (χ3v) is 3.42. The monoisotopic (exact) mass is 287 g/mol. The van der Waals surface area contributed by atoms with Crippen molar-refractivity contribution in [3.8, 4) is 0 Å². The van der Waals surface area contributed by atoms with E-state index in [0.29, 0.717) is 5.69 Å². The maximum atomic E-state index is 12.0. The molecule has 6 nitrogen and oxygen atoms in total. The first-order valence-corrected chi connectivity index (χ1v) is 7.54. The summed E-state index contributed by atoms with van der Waals surface area (Å²) in [6, 6.07) is 0. The Hall–Kier alpha value is -1.05. The molecule has 108 valence electrons. The van der Waals surface area contributed by atoms with Gasteiger partial charge < -0.3 is 4.74 Å². The summed E-state index contributed by atoms with van der Waals surface area (Å²) in [5, 5.41) is -0.0736. The molecule has 0 aliphatic heterocycles. The van der Waals surface area contributed by atoms with Crippen LogP contribution in [-0.2, 0) is 14.8 Å². The smallest absolute Gasteiger partial charge is 0.259 e. The summed E-state index contributed by atoms with van der Waals surface area (Å²) in [7, 11) is -3.64. The van der Waals surface area contributed by atoms with E-state index < -0.39 is 10.0 Å². The Morgan fingerprint density at radius 3 is 2.53 bits per heavy atom. The van der Waals surface area contributed by atoms with Gasteiger partial charge >= 0.3 is 0 Å². The third-order valence-electron chi connectivity index (χ3n) is 2.12. The summed E-state index contributed by atoms with van der Waals surface area (Å²) >= 11 is 0. The van der Waals surface area contributed by atoms with Crippen LogP contribution in [0.4, 0.5) is 0 Å². The SMILES string of the molecule is Cc1cncc(S(=O)(=O)NCC(C)OC(C)(C)C)n1. The fourth-order valence-corrected chi connectivity index (χ4v) is 2.58. The van der Waals surface area contributed by atoms with Gasteiger partial charge in [0.25, 0.3) is 10.0 Å². The van der Waals surface area contributed by atoms with Crippen molar-refractivity contribution in [1.29, 1.82) is 0 Å². The number of hydrogen-bond acceptors (Lipinski definition) is 5. The van der Waals surface area contributed by atoms with E-state index in [9.17, 15) is 8.42 Å². The van der Waals surface area contributed by atoms with Crippen molar-refractivity contribution in [2.75, 3.05) is 6.54 Å². The Labute approximate surface area is 114 Å². The van der Waals surface area contributed by atoms with Gasteiger partial charge in [0.1, 0.15) is 0 Å². The van der Waals surface area contributed by atoms with Crippen LogP contribution in [0.5, 0.6) is 0 Å². The lowest BCUT2D eigenvalue weighted by Gasteiger charge is -2.25. The number of rotatable bonds is 5. The zero-order valence-electron chi connectivity index (χ0n) is 12.0. The molecule has 0 radical (unpaired) electrons. The quantitative estimate of drug-likeness (QED) is 0.882. The fourth-order valence-electron chi connectivity index (χ4n) is 1.52. The van der Waals surface area contributed by atoms with Gasteiger partial charge in [-0.2, -0.15) is 0 Å². The molecule has 0 aliphatic carbocycles. The lowest BCUT2D eigenvalue weighted by Crippen LogP contribution is -2.36. The summed E-state index contributed by atoms with van der Waals surface area (Å²) in [5.41, 5.74) is 0.246. The molecular weight excluding hydrogens is 266 g/mol. The van der Waals surface area contributed by atoms with Crippen molar-refractivity contribution in [2.45, 2.75) is 51.3 Å². The standard InChI is InChI=1S/C12H21N3O3S/c1-9-6-13-8-11(15-9)19(16,17)14-7-10(2)18-12(3,4)5/h6,8,10,14H,7H2,1-5H3. The van der Waals surface area contributed by atoms with Crippen LogP contribution < -0.4 is 4.72 Å². The van der Waals surface area contributed by atoms with Crippen molar-refractivity contribution < 1.29 is 13.2 Å². The van der Waals surface area contributed by atoms with Crippen LogP contribution in [0.25, 0.3) is 0 Å². The Morgan fingerprint density at radius 1 is 1.37 bits per heavy atom. The van der Waals surface area contributed by atoms with Gasteiger partial charge in [-0.15, -0.1) is 0 Å². The van der Waals surface area contributed by atoms with Gasteiger partial charge in [0.15, 0.2) is 5.03 Å². The molecule has 0 bridgehead atoms. The molecule has 0 amide bonds. The van der Waals surface area contributed by atoms with Gasteiger partial charge in [0.05, 0.1) is 23.6 Å². The van der Waals surface area contributed by atoms with E-state index in [0.717, 1.165) is 0 Å². The lowest BCUT2D eigenvalue weighted by molar-refractivity contribution is -0.0480. The summed E-state index contributed by atoms with van der Waals surface area (Å²) in [6.07, 6.45) is 2.50. The molecule has 7 heteroatoms. The van der Waals surface area contributed by atoms with E-state index in [2.05, 4.69) is 14.7 Å². The highest BCUT2D eigenvalue weighted by atomic mass is 32.2. The first kappa shape index (κ1) is 16.0. The second kappa shape index (κ2) is 5.94. The number of ether oxygens (including phenoxy) is 1. The third kappa shape index (κ3) is 5.63. The molecule has 0 saturated heterocycles. The number of hydrogen-bond donors (Lipinski definition) is 1. The minimum absolute atomic E-state index is 0.0736. The van der Waals surface area contributed by atoms with Gasteiger partial charge in [-0.3, -0.25) is 4.98 Å². The van der Waals surface area contributed by atoms with Crippen LogP contribution in [0.1, 0.15) is 33.4 Å². The van der Waals surface area contributed by atoms with E-state index in [4.69, 9.17) is 4.74 Å². The zero-order chi connectivity index (χ0) is 14.7. The normalized spacial score (nSPS) is 14.4. The maximum absolute atomic E-state index is 12.0. The number of aryl methyl sites for hydroxylation is 1. The van der Waals surface area contributed by atoms with E-state index in [1.54, 1.807) is 6.92 Å². The van der Waals surface area contributed by atoms with Crippen LogP contribution in [0, 0.1) is 6.92 Å². The number of aromatic nitrogens is 2. The fraction of sp³-hybridized carbons (Fsp3) is 0.667. The summed E-state index contributed by atoms with van der Waals surface area (Å²) in [4.78, 5) is 7.77. The first-order chi connectivity index (χ1) is 8.60. The number of sulfonamides is 1. The summed E-state index contributed by atoms with van der Waals surface area (Å²) in [6.45, 7) is 9.46. The molecule has 1 unspecified atom stereocenters. The van der Waals surface area contributed by atoms with Gasteiger partial charge in [-0.25, -0.2) is 18.1 Å². The van der Waals surface area contributed by atoms with Crippen molar-refractivity contribution >= 4 is 10.0 Å². The topological polar surface area (TPSA) is 81.2 Å². The van der Waals surface area contributed by atoms with Gasteiger partial charge in [-0.05, 0) is 34.6 Å². The van der Waals surface area contributed by atoms with Gasteiger partial charge in [-0.1, -0.05) is 0 Å². The maximum Gasteiger partial charge on any atom is 0.259 e. The van der Waals surface area contributed by atoms with Crippen LogP contribution in [-0.4, -0.2) is 36.6 Å². The Bertz CT molecular complexity index is 523. The summed E-state index contributed by atoms with van der Waals surface area (Å²) < 4.78 is 32.1. The first-order valence-electron chi connectivity index (χ1n) is 6.06. The largest absolute Gasteiger partial charge is 0.372 e. The minimum Gasteiger partial charge on any atom is -0.372 e. The molecule has 1 aromatic rings. The van der Waals surface area contributed by atoms with Gasteiger partial charge in [0, 0.05) is 12.7 Å². The molecule has 0 saturated carbocycles. The van der Waals surface area contributed by atoms with Crippen molar-refractivity contribution in [2.24, 2.45) is 0 Å². The molecule has 1 rings (SSSR count). The highest BCUT2D eigenvalue weighted by molar-refractivity contribution is 7.89. The molecule has 0 aromatic carbocycles. The molecule has 0 fully saturated rings. The highest BCUT2D eigenvalue weighted by Crippen LogP contribution is 2.11. The van der Waals surface area contributed by atoms with Crippen molar-refractivity contribution in [3.05, 3.63) is 18.1 Å². The molecule has 19 heavy (non-hydrogen) atoms. The van der Waals surface area contributed by atoms with Crippen LogP contribution in [0.3, 0.4) is 0 Å². The van der Waals surface area contributed by atoms with Gasteiger partial charge in [0.2, 0.25) is 0 Å². The molecule has 1 N–H and O–H groups in total. The number of nitrogens with one attached hydrogen (secondary N) is 1. The molecule has 0 spiro atoms. The zero-order valence-corrected chi connectivity index (χ0v) is 12.8. The summed E-state index contributed by atoms with van der Waals surface area (Å²) in [5.74, 6) is 0. The molecule has 0 aliphatic rings. The van der Waals surface area contributed by atoms with Crippen LogP contribution >= 0.6 is 0 Å². The van der Waals surface area contributed by atoms with Crippen molar-refractivity contribution in [3.63, 3.8) is 0 Å². The molecule has 1 atom stereocenters. The van der Waals surface area contributed by atoms with Crippen LogP contribution in [0.2, 0.25) is 0 Å². The predicted octanol–water partition coefficient (Wildman–Crippen LogP) is 1.27. The Kier molecular flexibility index (Phi) is 5.00. The second-order valence-electron chi connectivity index (χ2n) is 5.39. The van der Waals surface area contributed by atoms with E-state index in [1.807, 2.05) is 27.7 Å². The van der Waals surface area contributed by atoms with Crippen LogP contribution in [0.15, 0.2) is 17.4 Å². The number of nitrogens with zero attached hydrogens (tertiary/aromatic N) is 2. The second-order valence-corrected chi connectivity index (χ2v) is 7.11. The minimum atomic E-state index is -3.64. The molecule has 1 aromatic heterocycles. The average molecular weight is 287 g/mol. The molecule has 1 heterocycles. The lowest BCUT2D eigenvalue weighted by atomic mass is 10.2.